The standard InChI is InChI=1S/C19H17N3O3/c1-25-19(24)15-6-5-7-16(11-15)21-18(23)10-14-12-20-22(13-14)17-8-3-2-4-9-17/h2-9,11-13H,10H2,1H3,(H,21,23). The molecule has 0 radical (unpaired) electrons. The Morgan fingerprint density at radius 2 is 1.92 bits per heavy atom. The van der Waals surface area contributed by atoms with Gasteiger partial charge in [-0.15, -0.1) is 0 Å². The maximum Gasteiger partial charge on any atom is 0.337 e. The van der Waals surface area contributed by atoms with Crippen molar-refractivity contribution in [3.8, 4) is 5.69 Å². The molecule has 25 heavy (non-hydrogen) atoms. The summed E-state index contributed by atoms with van der Waals surface area (Å²) in [6.45, 7) is 0. The number of anilines is 1. The number of carbonyl (C=O) groups is 2. The highest BCUT2D eigenvalue weighted by atomic mass is 16.5. The van der Waals surface area contributed by atoms with Crippen molar-refractivity contribution in [1.29, 1.82) is 0 Å². The smallest absolute Gasteiger partial charge is 0.337 e. The van der Waals surface area contributed by atoms with Gasteiger partial charge in [0.1, 0.15) is 0 Å². The maximum absolute atomic E-state index is 12.2. The highest BCUT2D eigenvalue weighted by molar-refractivity contribution is 5.95. The molecule has 1 heterocycles. The van der Waals surface area contributed by atoms with E-state index < -0.39 is 5.97 Å². The van der Waals surface area contributed by atoms with Gasteiger partial charge in [-0.3, -0.25) is 4.79 Å². The Labute approximate surface area is 145 Å². The number of hydrogen-bond acceptors (Lipinski definition) is 4. The quantitative estimate of drug-likeness (QED) is 0.728. The van der Waals surface area contributed by atoms with E-state index in [1.54, 1.807) is 35.1 Å². The van der Waals surface area contributed by atoms with Crippen molar-refractivity contribution < 1.29 is 14.3 Å². The van der Waals surface area contributed by atoms with Gasteiger partial charge in [-0.1, -0.05) is 24.3 Å². The van der Waals surface area contributed by atoms with Gasteiger partial charge >= 0.3 is 5.97 Å². The third-order valence-electron chi connectivity index (χ3n) is 3.59. The fourth-order valence-electron chi connectivity index (χ4n) is 2.41. The molecule has 126 valence electrons. The molecule has 0 saturated carbocycles. The highest BCUT2D eigenvalue weighted by Gasteiger charge is 2.10. The number of hydrogen-bond donors (Lipinski definition) is 1. The lowest BCUT2D eigenvalue weighted by Gasteiger charge is -2.06. The number of nitrogens with one attached hydrogen (secondary N) is 1. The second kappa shape index (κ2) is 7.44. The molecular formula is C19H17N3O3. The average molecular weight is 335 g/mol. The number of aromatic nitrogens is 2. The highest BCUT2D eigenvalue weighted by Crippen LogP contribution is 2.13. The summed E-state index contributed by atoms with van der Waals surface area (Å²) in [6.07, 6.45) is 3.67. The summed E-state index contributed by atoms with van der Waals surface area (Å²) < 4.78 is 6.40. The number of rotatable bonds is 5. The van der Waals surface area contributed by atoms with Crippen molar-refractivity contribution in [2.24, 2.45) is 0 Å². The van der Waals surface area contributed by atoms with Crippen LogP contribution in [0.4, 0.5) is 5.69 Å². The van der Waals surface area contributed by atoms with Gasteiger partial charge in [0.15, 0.2) is 0 Å². The largest absolute Gasteiger partial charge is 0.465 e. The van der Waals surface area contributed by atoms with Crippen molar-refractivity contribution in [2.75, 3.05) is 12.4 Å². The molecule has 1 amide bonds. The van der Waals surface area contributed by atoms with Crippen LogP contribution in [0.5, 0.6) is 0 Å². The summed E-state index contributed by atoms with van der Waals surface area (Å²) in [7, 11) is 1.32. The van der Waals surface area contributed by atoms with Crippen molar-refractivity contribution in [3.05, 3.63) is 78.1 Å². The summed E-state index contributed by atoms with van der Waals surface area (Å²) >= 11 is 0. The molecule has 0 bridgehead atoms. The van der Waals surface area contributed by atoms with E-state index in [1.807, 2.05) is 36.5 Å². The van der Waals surface area contributed by atoms with Crippen LogP contribution in [0.3, 0.4) is 0 Å². The number of nitrogens with zero attached hydrogens (tertiary/aromatic N) is 2. The van der Waals surface area contributed by atoms with Crippen molar-refractivity contribution in [3.63, 3.8) is 0 Å². The third-order valence-corrected chi connectivity index (χ3v) is 3.59. The number of benzene rings is 2. The third kappa shape index (κ3) is 4.11. The molecule has 2 aromatic carbocycles. The van der Waals surface area contributed by atoms with E-state index in [2.05, 4.69) is 15.2 Å². The summed E-state index contributed by atoms with van der Waals surface area (Å²) in [5, 5.41) is 7.05. The summed E-state index contributed by atoms with van der Waals surface area (Å²) in [5.74, 6) is -0.630. The van der Waals surface area contributed by atoms with E-state index in [0.717, 1.165) is 11.3 Å². The molecular weight excluding hydrogens is 318 g/mol. The van der Waals surface area contributed by atoms with Gasteiger partial charge in [-0.05, 0) is 35.9 Å². The topological polar surface area (TPSA) is 73.2 Å². The number of para-hydroxylation sites is 1. The van der Waals surface area contributed by atoms with E-state index in [9.17, 15) is 9.59 Å². The second-order valence-electron chi connectivity index (χ2n) is 5.43. The van der Waals surface area contributed by atoms with E-state index in [4.69, 9.17) is 0 Å². The van der Waals surface area contributed by atoms with Crippen LogP contribution in [0.2, 0.25) is 0 Å². The Kier molecular flexibility index (Phi) is 4.89. The number of esters is 1. The monoisotopic (exact) mass is 335 g/mol. The zero-order chi connectivity index (χ0) is 17.6. The average Bonchev–Trinajstić information content (AvgIpc) is 3.10. The molecule has 0 fully saturated rings. The fraction of sp³-hybridized carbons (Fsp3) is 0.105. The number of amides is 1. The zero-order valence-corrected chi connectivity index (χ0v) is 13.7. The van der Waals surface area contributed by atoms with Crippen LogP contribution in [-0.2, 0) is 16.0 Å². The molecule has 0 aliphatic heterocycles. The van der Waals surface area contributed by atoms with Crippen LogP contribution >= 0.6 is 0 Å². The predicted octanol–water partition coefficient (Wildman–Crippen LogP) is 2.84. The van der Waals surface area contributed by atoms with Crippen molar-refractivity contribution in [1.82, 2.24) is 9.78 Å². The van der Waals surface area contributed by atoms with Crippen LogP contribution in [-0.4, -0.2) is 28.8 Å². The van der Waals surface area contributed by atoms with E-state index in [-0.39, 0.29) is 12.3 Å². The van der Waals surface area contributed by atoms with Crippen LogP contribution in [0.25, 0.3) is 5.69 Å². The predicted molar refractivity (Wildman–Crippen MR) is 93.7 cm³/mol. The van der Waals surface area contributed by atoms with Gasteiger partial charge < -0.3 is 10.1 Å². The van der Waals surface area contributed by atoms with Crippen molar-refractivity contribution in [2.45, 2.75) is 6.42 Å². The first-order chi connectivity index (χ1) is 12.2. The second-order valence-corrected chi connectivity index (χ2v) is 5.43. The van der Waals surface area contributed by atoms with Crippen LogP contribution in [0, 0.1) is 0 Å². The Hall–Kier alpha value is -3.41. The van der Waals surface area contributed by atoms with Gasteiger partial charge in [-0.25, -0.2) is 9.48 Å². The first-order valence-electron chi connectivity index (χ1n) is 7.73. The number of ether oxygens (including phenoxy) is 1. The minimum absolute atomic E-state index is 0.186. The van der Waals surface area contributed by atoms with Gasteiger partial charge in [-0.2, -0.15) is 5.10 Å². The minimum Gasteiger partial charge on any atom is -0.465 e. The van der Waals surface area contributed by atoms with Gasteiger partial charge in [0.05, 0.1) is 31.0 Å². The van der Waals surface area contributed by atoms with Crippen LogP contribution in [0.15, 0.2) is 67.0 Å². The lowest BCUT2D eigenvalue weighted by Crippen LogP contribution is -2.14. The Balaban J connectivity index is 1.65. The SMILES string of the molecule is COC(=O)c1cccc(NC(=O)Cc2cnn(-c3ccccc3)c2)c1. The van der Waals surface area contributed by atoms with E-state index in [0.29, 0.717) is 11.3 Å². The van der Waals surface area contributed by atoms with Gasteiger partial charge in [0, 0.05) is 11.9 Å². The summed E-state index contributed by atoms with van der Waals surface area (Å²) in [6, 6.07) is 16.3. The van der Waals surface area contributed by atoms with Gasteiger partial charge in [0.2, 0.25) is 5.91 Å². The fourth-order valence-corrected chi connectivity index (χ4v) is 2.41. The zero-order valence-electron chi connectivity index (χ0n) is 13.7. The van der Waals surface area contributed by atoms with Crippen LogP contribution in [0.1, 0.15) is 15.9 Å². The number of methoxy groups -OCH3 is 1. The first kappa shape index (κ1) is 16.4. The Morgan fingerprint density at radius 1 is 1.12 bits per heavy atom. The molecule has 0 spiro atoms. The Bertz CT molecular complexity index is 888. The molecule has 6 nitrogen and oxygen atoms in total. The Morgan fingerprint density at radius 3 is 2.68 bits per heavy atom. The normalized spacial score (nSPS) is 10.3. The minimum atomic E-state index is -0.444. The molecule has 0 saturated heterocycles. The van der Waals surface area contributed by atoms with Crippen LogP contribution < -0.4 is 5.32 Å². The molecule has 0 atom stereocenters. The molecule has 1 aromatic heterocycles. The maximum atomic E-state index is 12.2. The molecule has 3 rings (SSSR count). The molecule has 6 heteroatoms. The number of carbonyl (C=O) groups excluding carboxylic acids is 2. The lowest BCUT2D eigenvalue weighted by molar-refractivity contribution is -0.115. The molecule has 0 aliphatic rings. The van der Waals surface area contributed by atoms with E-state index >= 15 is 0 Å². The van der Waals surface area contributed by atoms with E-state index in [1.165, 1.54) is 7.11 Å². The molecule has 0 unspecified atom stereocenters. The van der Waals surface area contributed by atoms with Crippen molar-refractivity contribution >= 4 is 17.6 Å². The molecule has 1 N–H and O–H groups in total. The lowest BCUT2D eigenvalue weighted by atomic mass is 10.2. The molecule has 0 aliphatic carbocycles. The first-order valence-corrected chi connectivity index (χ1v) is 7.73. The summed E-state index contributed by atoms with van der Waals surface area (Å²) in [4.78, 5) is 23.7. The van der Waals surface area contributed by atoms with Gasteiger partial charge in [0.25, 0.3) is 0 Å². The molecule has 3 aromatic rings. The summed E-state index contributed by atoms with van der Waals surface area (Å²) in [5.41, 5.74) is 2.66.